The summed E-state index contributed by atoms with van der Waals surface area (Å²) in [7, 11) is 0. The second kappa shape index (κ2) is 7.89. The average molecular weight is 288 g/mol. The molecule has 0 saturated heterocycles. The van der Waals surface area contributed by atoms with E-state index >= 15 is 0 Å². The lowest BCUT2D eigenvalue weighted by atomic mass is 9.91. The third-order valence-corrected chi connectivity index (χ3v) is 2.82. The van der Waals surface area contributed by atoms with Gasteiger partial charge in [-0.3, -0.25) is 14.4 Å². The largest absolute Gasteiger partial charge is 0.475 e. The van der Waals surface area contributed by atoms with E-state index in [1.807, 2.05) is 0 Å². The van der Waals surface area contributed by atoms with Crippen molar-refractivity contribution in [2.45, 2.75) is 19.8 Å². The van der Waals surface area contributed by atoms with Gasteiger partial charge in [-0.25, -0.2) is 4.79 Å². The van der Waals surface area contributed by atoms with Gasteiger partial charge in [-0.1, -0.05) is 43.3 Å². The highest BCUT2D eigenvalue weighted by atomic mass is 16.4. The van der Waals surface area contributed by atoms with E-state index in [0.717, 1.165) is 11.6 Å². The quantitative estimate of drug-likeness (QED) is 0.448. The second-order valence-electron chi connectivity index (χ2n) is 4.47. The highest BCUT2D eigenvalue weighted by molar-refractivity contribution is 6.44. The molecule has 5 nitrogen and oxygen atoms in total. The zero-order chi connectivity index (χ0) is 15.8. The third kappa shape index (κ3) is 4.80. The molecule has 0 aromatic heterocycles. The van der Waals surface area contributed by atoms with Crippen molar-refractivity contribution < 1.29 is 24.3 Å². The standard InChI is InChI=1S/C16H16O5/c1-2-6-12(17)14(15(19)16(20)21)13(18)10-9-11-7-4-3-5-8-11/h3-5,7-10,14H,2,6H2,1H3,(H,20,21). The van der Waals surface area contributed by atoms with Gasteiger partial charge in [0.25, 0.3) is 5.78 Å². The highest BCUT2D eigenvalue weighted by Crippen LogP contribution is 2.10. The van der Waals surface area contributed by atoms with Gasteiger partial charge < -0.3 is 5.11 Å². The topological polar surface area (TPSA) is 88.5 Å². The Hall–Kier alpha value is -2.56. The Bertz CT molecular complexity index is 572. The molecule has 1 aromatic rings. The van der Waals surface area contributed by atoms with Crippen LogP contribution in [-0.2, 0) is 19.2 Å². The minimum atomic E-state index is -1.77. The number of carboxylic acid groups (broad SMARTS) is 1. The van der Waals surface area contributed by atoms with E-state index in [9.17, 15) is 19.2 Å². The van der Waals surface area contributed by atoms with Crippen molar-refractivity contribution in [1.29, 1.82) is 0 Å². The summed E-state index contributed by atoms with van der Waals surface area (Å²) >= 11 is 0. The average Bonchev–Trinajstić information content (AvgIpc) is 2.46. The molecule has 0 saturated carbocycles. The Labute approximate surface area is 122 Å². The van der Waals surface area contributed by atoms with Crippen LogP contribution < -0.4 is 0 Å². The van der Waals surface area contributed by atoms with E-state index in [4.69, 9.17) is 5.11 Å². The molecule has 5 heteroatoms. The Balaban J connectivity index is 2.95. The molecule has 0 spiro atoms. The molecule has 21 heavy (non-hydrogen) atoms. The van der Waals surface area contributed by atoms with Gasteiger partial charge in [-0.2, -0.15) is 0 Å². The normalized spacial score (nSPS) is 12.0. The number of ketones is 3. The number of hydrogen-bond acceptors (Lipinski definition) is 4. The fourth-order valence-corrected chi connectivity index (χ4v) is 1.79. The monoisotopic (exact) mass is 288 g/mol. The molecule has 0 bridgehead atoms. The Morgan fingerprint density at radius 2 is 1.76 bits per heavy atom. The summed E-state index contributed by atoms with van der Waals surface area (Å²) in [6.45, 7) is 1.71. The summed E-state index contributed by atoms with van der Waals surface area (Å²) in [6.07, 6.45) is 2.96. The number of rotatable bonds is 8. The minimum absolute atomic E-state index is 0.00535. The van der Waals surface area contributed by atoms with Gasteiger partial charge in [0.1, 0.15) is 0 Å². The van der Waals surface area contributed by atoms with Crippen molar-refractivity contribution in [2.24, 2.45) is 5.92 Å². The fraction of sp³-hybridized carbons (Fsp3) is 0.250. The van der Waals surface area contributed by atoms with Crippen molar-refractivity contribution in [2.75, 3.05) is 0 Å². The second-order valence-corrected chi connectivity index (χ2v) is 4.47. The van der Waals surface area contributed by atoms with Crippen LogP contribution in [0.15, 0.2) is 36.4 Å². The first-order chi connectivity index (χ1) is 9.97. The number of Topliss-reactive ketones (excluding diaryl/α,β-unsaturated/α-hetero) is 2. The van der Waals surface area contributed by atoms with Crippen molar-refractivity contribution in [3.63, 3.8) is 0 Å². The predicted octanol–water partition coefficient (Wildman–Crippen LogP) is 1.91. The van der Waals surface area contributed by atoms with Crippen LogP contribution in [0.5, 0.6) is 0 Å². The first kappa shape index (κ1) is 16.5. The van der Waals surface area contributed by atoms with Crippen LogP contribution in [0.2, 0.25) is 0 Å². The van der Waals surface area contributed by atoms with Gasteiger partial charge in [-0.05, 0) is 18.1 Å². The number of carbonyl (C=O) groups excluding carboxylic acids is 3. The molecule has 110 valence electrons. The molecule has 0 aliphatic carbocycles. The van der Waals surface area contributed by atoms with Crippen LogP contribution in [0, 0.1) is 5.92 Å². The summed E-state index contributed by atoms with van der Waals surface area (Å²) in [4.78, 5) is 46.1. The summed E-state index contributed by atoms with van der Waals surface area (Å²) in [5.74, 6) is -6.36. The molecule has 0 radical (unpaired) electrons. The number of allylic oxidation sites excluding steroid dienone is 1. The van der Waals surface area contributed by atoms with Gasteiger partial charge in [0.05, 0.1) is 0 Å². The van der Waals surface area contributed by atoms with Crippen molar-refractivity contribution in [3.05, 3.63) is 42.0 Å². The molecule has 0 aliphatic heterocycles. The van der Waals surface area contributed by atoms with Crippen LogP contribution in [-0.4, -0.2) is 28.4 Å². The molecule has 1 N–H and O–H groups in total. The maximum atomic E-state index is 12.0. The van der Waals surface area contributed by atoms with Gasteiger partial charge in [-0.15, -0.1) is 0 Å². The van der Waals surface area contributed by atoms with Crippen LogP contribution in [0.4, 0.5) is 0 Å². The smallest absolute Gasteiger partial charge is 0.373 e. The lowest BCUT2D eigenvalue weighted by molar-refractivity contribution is -0.154. The Morgan fingerprint density at radius 3 is 2.29 bits per heavy atom. The van der Waals surface area contributed by atoms with E-state index in [1.54, 1.807) is 37.3 Å². The fourth-order valence-electron chi connectivity index (χ4n) is 1.79. The number of aliphatic carboxylic acids is 1. The zero-order valence-corrected chi connectivity index (χ0v) is 11.6. The van der Waals surface area contributed by atoms with Gasteiger partial charge in [0, 0.05) is 6.42 Å². The van der Waals surface area contributed by atoms with Crippen molar-refractivity contribution >= 4 is 29.4 Å². The molecule has 1 aromatic carbocycles. The molecule has 0 heterocycles. The Kier molecular flexibility index (Phi) is 6.20. The summed E-state index contributed by atoms with van der Waals surface area (Å²) < 4.78 is 0. The number of benzene rings is 1. The molecule has 1 atom stereocenters. The van der Waals surface area contributed by atoms with Crippen molar-refractivity contribution in [3.8, 4) is 0 Å². The van der Waals surface area contributed by atoms with Crippen LogP contribution >= 0.6 is 0 Å². The number of carbonyl (C=O) groups is 4. The van der Waals surface area contributed by atoms with E-state index in [0.29, 0.717) is 6.42 Å². The summed E-state index contributed by atoms with van der Waals surface area (Å²) in [5, 5.41) is 8.73. The summed E-state index contributed by atoms with van der Waals surface area (Å²) in [5.41, 5.74) is 0.718. The van der Waals surface area contributed by atoms with Gasteiger partial charge >= 0.3 is 5.97 Å². The number of carboxylic acids is 1. The zero-order valence-electron chi connectivity index (χ0n) is 11.6. The van der Waals surface area contributed by atoms with E-state index in [1.165, 1.54) is 6.08 Å². The van der Waals surface area contributed by atoms with Crippen LogP contribution in [0.25, 0.3) is 6.08 Å². The third-order valence-electron chi connectivity index (χ3n) is 2.82. The van der Waals surface area contributed by atoms with Crippen LogP contribution in [0.3, 0.4) is 0 Å². The van der Waals surface area contributed by atoms with Gasteiger partial charge in [0.2, 0.25) is 0 Å². The highest BCUT2D eigenvalue weighted by Gasteiger charge is 2.35. The van der Waals surface area contributed by atoms with Crippen molar-refractivity contribution in [1.82, 2.24) is 0 Å². The number of hydrogen-bond donors (Lipinski definition) is 1. The lowest BCUT2D eigenvalue weighted by Gasteiger charge is -2.08. The lowest BCUT2D eigenvalue weighted by Crippen LogP contribution is -2.35. The molecule has 0 fully saturated rings. The van der Waals surface area contributed by atoms with Gasteiger partial charge in [0.15, 0.2) is 17.5 Å². The van der Waals surface area contributed by atoms with Crippen LogP contribution in [0.1, 0.15) is 25.3 Å². The molecule has 1 unspecified atom stereocenters. The maximum Gasteiger partial charge on any atom is 0.373 e. The van der Waals surface area contributed by atoms with E-state index < -0.39 is 29.2 Å². The molecule has 1 rings (SSSR count). The minimum Gasteiger partial charge on any atom is -0.475 e. The first-order valence-corrected chi connectivity index (χ1v) is 6.54. The molecular weight excluding hydrogens is 272 g/mol. The Morgan fingerprint density at radius 1 is 1.14 bits per heavy atom. The SMILES string of the molecule is CCCC(=O)C(C(=O)C=Cc1ccccc1)C(=O)C(=O)O. The van der Waals surface area contributed by atoms with E-state index in [-0.39, 0.29) is 6.42 Å². The maximum absolute atomic E-state index is 12.0. The predicted molar refractivity (Wildman–Crippen MR) is 76.5 cm³/mol. The molecule has 0 amide bonds. The first-order valence-electron chi connectivity index (χ1n) is 6.54. The summed E-state index contributed by atoms with van der Waals surface area (Å²) in [6, 6.07) is 8.83. The van der Waals surface area contributed by atoms with E-state index in [2.05, 4.69) is 0 Å². The molecular formula is C16H16O5. The molecule has 0 aliphatic rings.